The van der Waals surface area contributed by atoms with Gasteiger partial charge in [0, 0.05) is 30.0 Å². The van der Waals surface area contributed by atoms with Gasteiger partial charge in [0.2, 0.25) is 0 Å². The van der Waals surface area contributed by atoms with Crippen LogP contribution in [0.15, 0.2) is 22.9 Å². The lowest BCUT2D eigenvalue weighted by Crippen LogP contribution is -2.27. The summed E-state index contributed by atoms with van der Waals surface area (Å²) in [7, 11) is 0. The van der Waals surface area contributed by atoms with E-state index in [2.05, 4.69) is 40.1 Å². The fourth-order valence-corrected chi connectivity index (χ4v) is 1.66. The van der Waals surface area contributed by atoms with Crippen molar-refractivity contribution in [1.82, 2.24) is 10.3 Å². The Morgan fingerprint density at radius 1 is 1.44 bits per heavy atom. The van der Waals surface area contributed by atoms with Crippen molar-refractivity contribution in [3.05, 3.63) is 28.5 Å². The van der Waals surface area contributed by atoms with Crippen LogP contribution in [-0.4, -0.2) is 30.6 Å². The fourth-order valence-electron chi connectivity index (χ4n) is 1.30. The van der Waals surface area contributed by atoms with Crippen molar-refractivity contribution in [2.75, 3.05) is 19.8 Å². The first-order valence-corrected chi connectivity index (χ1v) is 6.85. The summed E-state index contributed by atoms with van der Waals surface area (Å²) in [5, 5.41) is 2.79. The van der Waals surface area contributed by atoms with Crippen LogP contribution in [0.25, 0.3) is 0 Å². The number of aromatic nitrogens is 1. The summed E-state index contributed by atoms with van der Waals surface area (Å²) in [6, 6.07) is 1.74. The van der Waals surface area contributed by atoms with Gasteiger partial charge in [0.15, 0.2) is 0 Å². The zero-order valence-electron chi connectivity index (χ0n) is 10.8. The second kappa shape index (κ2) is 8.21. The van der Waals surface area contributed by atoms with Crippen LogP contribution in [0.5, 0.6) is 0 Å². The molecule has 0 aliphatic heterocycles. The van der Waals surface area contributed by atoms with E-state index in [0.717, 1.165) is 17.5 Å². The predicted molar refractivity (Wildman–Crippen MR) is 74.5 cm³/mol. The van der Waals surface area contributed by atoms with E-state index in [1.54, 1.807) is 18.5 Å². The van der Waals surface area contributed by atoms with Crippen LogP contribution in [-0.2, 0) is 4.74 Å². The maximum atomic E-state index is 11.7. The maximum Gasteiger partial charge on any atom is 0.252 e. The van der Waals surface area contributed by atoms with Gasteiger partial charge in [-0.2, -0.15) is 0 Å². The van der Waals surface area contributed by atoms with Crippen molar-refractivity contribution in [3.63, 3.8) is 0 Å². The summed E-state index contributed by atoms with van der Waals surface area (Å²) in [5.41, 5.74) is 0.548. The Balaban J connectivity index is 2.18. The summed E-state index contributed by atoms with van der Waals surface area (Å²) in [4.78, 5) is 15.7. The molecule has 0 fully saturated rings. The van der Waals surface area contributed by atoms with E-state index < -0.39 is 0 Å². The smallest absolute Gasteiger partial charge is 0.252 e. The average Bonchev–Trinajstić information content (AvgIpc) is 2.33. The lowest BCUT2D eigenvalue weighted by atomic mass is 10.1. The van der Waals surface area contributed by atoms with Gasteiger partial charge in [0.25, 0.3) is 5.91 Å². The summed E-state index contributed by atoms with van der Waals surface area (Å²) >= 11 is 3.28. The average molecular weight is 315 g/mol. The van der Waals surface area contributed by atoms with E-state index in [0.29, 0.717) is 24.6 Å². The summed E-state index contributed by atoms with van der Waals surface area (Å²) in [6.45, 7) is 6.12. The number of pyridine rings is 1. The zero-order valence-corrected chi connectivity index (χ0v) is 12.4. The number of amides is 1. The largest absolute Gasteiger partial charge is 0.380 e. The van der Waals surface area contributed by atoms with Crippen LogP contribution in [0.4, 0.5) is 0 Å². The van der Waals surface area contributed by atoms with Gasteiger partial charge in [0.1, 0.15) is 0 Å². The van der Waals surface area contributed by atoms with Gasteiger partial charge in [-0.3, -0.25) is 9.78 Å². The topological polar surface area (TPSA) is 51.2 Å². The quantitative estimate of drug-likeness (QED) is 0.787. The molecule has 0 atom stereocenters. The minimum absolute atomic E-state index is 0.128. The highest BCUT2D eigenvalue weighted by molar-refractivity contribution is 9.10. The second-order valence-corrected chi connectivity index (χ2v) is 5.36. The number of nitrogens with one attached hydrogen (secondary N) is 1. The monoisotopic (exact) mass is 314 g/mol. The highest BCUT2D eigenvalue weighted by Crippen LogP contribution is 2.09. The molecule has 1 rings (SSSR count). The highest BCUT2D eigenvalue weighted by Gasteiger charge is 2.05. The number of halogens is 1. The third-order valence-electron chi connectivity index (χ3n) is 2.34. The molecule has 0 saturated carbocycles. The number of hydrogen-bond donors (Lipinski definition) is 1. The molecule has 0 saturated heterocycles. The third-order valence-corrected chi connectivity index (χ3v) is 2.77. The van der Waals surface area contributed by atoms with Crippen molar-refractivity contribution < 1.29 is 9.53 Å². The molecule has 100 valence electrons. The lowest BCUT2D eigenvalue weighted by Gasteiger charge is -2.07. The number of hydrogen-bond acceptors (Lipinski definition) is 3. The number of rotatable bonds is 7. The molecular weight excluding hydrogens is 296 g/mol. The normalized spacial score (nSPS) is 10.7. The van der Waals surface area contributed by atoms with Crippen molar-refractivity contribution in [1.29, 1.82) is 0 Å². The molecule has 0 aromatic carbocycles. The maximum absolute atomic E-state index is 11.7. The van der Waals surface area contributed by atoms with Gasteiger partial charge in [-0.05, 0) is 34.3 Å². The van der Waals surface area contributed by atoms with Crippen LogP contribution in [0.2, 0.25) is 0 Å². The van der Waals surface area contributed by atoms with E-state index in [1.165, 1.54) is 0 Å². The molecule has 0 unspecified atom stereocenters. The molecular formula is C13H19BrN2O2. The molecule has 18 heavy (non-hydrogen) atoms. The van der Waals surface area contributed by atoms with Gasteiger partial charge in [-0.15, -0.1) is 0 Å². The fraction of sp³-hybridized carbons (Fsp3) is 0.538. The molecule has 1 aromatic heterocycles. The Hall–Kier alpha value is -0.940. The van der Waals surface area contributed by atoms with Gasteiger partial charge >= 0.3 is 0 Å². The molecule has 1 aromatic rings. The first-order chi connectivity index (χ1) is 8.59. The number of nitrogens with zero attached hydrogens (tertiary/aromatic N) is 1. The first kappa shape index (κ1) is 15.1. The summed E-state index contributed by atoms with van der Waals surface area (Å²) < 4.78 is 6.21. The molecule has 0 aliphatic rings. The SMILES string of the molecule is CC(C)CCOCCNC(=O)c1cncc(Br)c1. The second-order valence-electron chi connectivity index (χ2n) is 4.44. The Morgan fingerprint density at radius 3 is 2.89 bits per heavy atom. The van der Waals surface area contributed by atoms with E-state index in [4.69, 9.17) is 4.74 Å². The molecule has 1 N–H and O–H groups in total. The van der Waals surface area contributed by atoms with Crippen LogP contribution in [0, 0.1) is 5.92 Å². The first-order valence-electron chi connectivity index (χ1n) is 6.06. The molecule has 0 spiro atoms. The van der Waals surface area contributed by atoms with Crippen LogP contribution in [0.1, 0.15) is 30.6 Å². The van der Waals surface area contributed by atoms with Crippen molar-refractivity contribution >= 4 is 21.8 Å². The van der Waals surface area contributed by atoms with Crippen LogP contribution in [0.3, 0.4) is 0 Å². The molecule has 5 heteroatoms. The van der Waals surface area contributed by atoms with Gasteiger partial charge in [0.05, 0.1) is 12.2 Å². The van der Waals surface area contributed by atoms with Crippen LogP contribution < -0.4 is 5.32 Å². The lowest BCUT2D eigenvalue weighted by molar-refractivity contribution is 0.0905. The number of carbonyl (C=O) groups excluding carboxylic acids is 1. The third kappa shape index (κ3) is 6.12. The summed E-state index contributed by atoms with van der Waals surface area (Å²) in [5.74, 6) is 0.517. The standard InChI is InChI=1S/C13H19BrN2O2/c1-10(2)3-5-18-6-4-16-13(17)11-7-12(14)9-15-8-11/h7-10H,3-6H2,1-2H3,(H,16,17). The summed E-state index contributed by atoms with van der Waals surface area (Å²) in [6.07, 6.45) is 4.23. The molecule has 0 bridgehead atoms. The van der Waals surface area contributed by atoms with E-state index in [9.17, 15) is 4.79 Å². The molecule has 1 heterocycles. The molecule has 0 radical (unpaired) electrons. The number of carbonyl (C=O) groups is 1. The van der Waals surface area contributed by atoms with Gasteiger partial charge < -0.3 is 10.1 Å². The van der Waals surface area contributed by atoms with E-state index in [1.807, 2.05) is 0 Å². The van der Waals surface area contributed by atoms with Crippen molar-refractivity contribution in [2.24, 2.45) is 5.92 Å². The predicted octanol–water partition coefficient (Wildman–Crippen LogP) is 2.64. The highest BCUT2D eigenvalue weighted by atomic mass is 79.9. The minimum atomic E-state index is -0.128. The molecule has 4 nitrogen and oxygen atoms in total. The van der Waals surface area contributed by atoms with Gasteiger partial charge in [-0.1, -0.05) is 13.8 Å². The van der Waals surface area contributed by atoms with Crippen molar-refractivity contribution in [2.45, 2.75) is 20.3 Å². The number of ether oxygens (including phenoxy) is 1. The Kier molecular flexibility index (Phi) is 6.90. The Morgan fingerprint density at radius 2 is 2.22 bits per heavy atom. The van der Waals surface area contributed by atoms with Crippen molar-refractivity contribution in [3.8, 4) is 0 Å². The van der Waals surface area contributed by atoms with Crippen LogP contribution >= 0.6 is 15.9 Å². The van der Waals surface area contributed by atoms with Gasteiger partial charge in [-0.25, -0.2) is 0 Å². The van der Waals surface area contributed by atoms with E-state index in [-0.39, 0.29) is 5.91 Å². The Labute approximate surface area is 116 Å². The van der Waals surface area contributed by atoms with E-state index >= 15 is 0 Å². The Bertz CT molecular complexity index is 383. The zero-order chi connectivity index (χ0) is 13.4. The minimum Gasteiger partial charge on any atom is -0.380 e. The molecule has 1 amide bonds. The molecule has 0 aliphatic carbocycles.